The van der Waals surface area contributed by atoms with Gasteiger partial charge in [-0.15, -0.1) is 0 Å². The second-order valence-electron chi connectivity index (χ2n) is 4.85. The molecule has 0 bridgehead atoms. The first kappa shape index (κ1) is 18.4. The van der Waals surface area contributed by atoms with E-state index in [0.717, 1.165) is 31.0 Å². The zero-order valence-electron chi connectivity index (χ0n) is 13.4. The van der Waals surface area contributed by atoms with Crippen molar-refractivity contribution in [3.63, 3.8) is 0 Å². The molecule has 0 spiro atoms. The highest BCUT2D eigenvalue weighted by molar-refractivity contribution is 7.90. The maximum Gasteiger partial charge on any atom is 0.191 e. The maximum absolute atomic E-state index is 11.4. The van der Waals surface area contributed by atoms with Crippen molar-refractivity contribution in [1.29, 1.82) is 0 Å². The Bertz CT molecular complexity index is 568. The average Bonchev–Trinajstić information content (AvgIpc) is 2.47. The van der Waals surface area contributed by atoms with E-state index in [0.29, 0.717) is 18.0 Å². The first-order valence-corrected chi connectivity index (χ1v) is 9.16. The van der Waals surface area contributed by atoms with Crippen molar-refractivity contribution in [3.05, 3.63) is 29.8 Å². The number of hydrogen-bond donors (Lipinski definition) is 2. The molecule has 0 amide bonds. The maximum atomic E-state index is 11.4. The fourth-order valence-corrected chi connectivity index (χ4v) is 2.45. The summed E-state index contributed by atoms with van der Waals surface area (Å²) in [6.07, 6.45) is 2.00. The summed E-state index contributed by atoms with van der Waals surface area (Å²) in [4.78, 5) is 4.72. The van der Waals surface area contributed by atoms with Crippen LogP contribution in [0, 0.1) is 0 Å². The Morgan fingerprint density at radius 1 is 1.23 bits per heavy atom. The predicted octanol–water partition coefficient (Wildman–Crippen LogP) is 0.834. The summed E-state index contributed by atoms with van der Waals surface area (Å²) in [5, 5.41) is 6.40. The molecule has 0 atom stereocenters. The third-order valence-corrected chi connectivity index (χ3v) is 4.10. The van der Waals surface area contributed by atoms with Gasteiger partial charge in [0.05, 0.1) is 18.0 Å². The van der Waals surface area contributed by atoms with Gasteiger partial charge < -0.3 is 15.4 Å². The summed E-state index contributed by atoms with van der Waals surface area (Å²) < 4.78 is 27.8. The molecule has 6 nitrogen and oxygen atoms in total. The number of rotatable bonds is 8. The second-order valence-corrected chi connectivity index (χ2v) is 6.86. The zero-order chi connectivity index (χ0) is 16.4. The summed E-state index contributed by atoms with van der Waals surface area (Å²) in [6.45, 7) is 4.72. The molecule has 1 aromatic carbocycles. The molecule has 124 valence electrons. The van der Waals surface area contributed by atoms with Gasteiger partial charge in [-0.3, -0.25) is 4.99 Å². The number of benzene rings is 1. The molecule has 1 rings (SSSR count). The minimum atomic E-state index is -3.13. The van der Waals surface area contributed by atoms with Crippen molar-refractivity contribution >= 4 is 15.8 Å². The molecule has 0 unspecified atom stereocenters. The molecule has 7 heteroatoms. The first-order chi connectivity index (χ1) is 10.5. The second kappa shape index (κ2) is 9.42. The summed E-state index contributed by atoms with van der Waals surface area (Å²) in [5.41, 5.74) is 1.08. The third kappa shape index (κ3) is 6.91. The van der Waals surface area contributed by atoms with Crippen LogP contribution >= 0.6 is 0 Å². The summed E-state index contributed by atoms with van der Waals surface area (Å²) in [5.74, 6) is 0.757. The highest BCUT2D eigenvalue weighted by Gasteiger charge is 2.06. The number of ether oxygens (including phenoxy) is 1. The van der Waals surface area contributed by atoms with Crippen molar-refractivity contribution < 1.29 is 13.2 Å². The van der Waals surface area contributed by atoms with E-state index >= 15 is 0 Å². The minimum absolute atomic E-state index is 0.346. The largest absolute Gasteiger partial charge is 0.383 e. The van der Waals surface area contributed by atoms with Gasteiger partial charge in [0.1, 0.15) is 0 Å². The SMILES string of the molecule is CCNC(=NCCOC)NCCc1ccc(S(C)(=O)=O)cc1. The molecule has 0 heterocycles. The van der Waals surface area contributed by atoms with E-state index in [1.54, 1.807) is 19.2 Å². The molecule has 0 aliphatic heterocycles. The molecule has 1 aromatic rings. The van der Waals surface area contributed by atoms with Crippen molar-refractivity contribution in [1.82, 2.24) is 10.6 Å². The lowest BCUT2D eigenvalue weighted by atomic mass is 10.1. The van der Waals surface area contributed by atoms with E-state index in [9.17, 15) is 8.42 Å². The van der Waals surface area contributed by atoms with Crippen LogP contribution in [0.1, 0.15) is 12.5 Å². The number of guanidine groups is 1. The Morgan fingerprint density at radius 3 is 2.45 bits per heavy atom. The summed E-state index contributed by atoms with van der Waals surface area (Å²) in [6, 6.07) is 6.96. The normalized spacial score (nSPS) is 12.2. The molecular formula is C15H25N3O3S. The van der Waals surface area contributed by atoms with Crippen molar-refractivity contribution in [2.75, 3.05) is 39.6 Å². The van der Waals surface area contributed by atoms with Crippen LogP contribution in [0.2, 0.25) is 0 Å². The van der Waals surface area contributed by atoms with Crippen molar-refractivity contribution in [2.45, 2.75) is 18.2 Å². The van der Waals surface area contributed by atoms with Crippen LogP contribution in [0.3, 0.4) is 0 Å². The van der Waals surface area contributed by atoms with E-state index in [1.807, 2.05) is 19.1 Å². The van der Waals surface area contributed by atoms with Gasteiger partial charge in [0.25, 0.3) is 0 Å². The predicted molar refractivity (Wildman–Crippen MR) is 89.1 cm³/mol. The summed E-state index contributed by atoms with van der Waals surface area (Å²) >= 11 is 0. The lowest BCUT2D eigenvalue weighted by molar-refractivity contribution is 0.208. The highest BCUT2D eigenvalue weighted by Crippen LogP contribution is 2.10. The van der Waals surface area contributed by atoms with E-state index < -0.39 is 9.84 Å². The quantitative estimate of drug-likeness (QED) is 0.420. The first-order valence-electron chi connectivity index (χ1n) is 7.27. The minimum Gasteiger partial charge on any atom is -0.383 e. The molecule has 0 saturated carbocycles. The van der Waals surface area contributed by atoms with Crippen LogP contribution in [0.4, 0.5) is 0 Å². The monoisotopic (exact) mass is 327 g/mol. The molecule has 0 saturated heterocycles. The number of nitrogens with one attached hydrogen (secondary N) is 2. The molecule has 0 radical (unpaired) electrons. The topological polar surface area (TPSA) is 79.8 Å². The fourth-order valence-electron chi connectivity index (χ4n) is 1.82. The Kier molecular flexibility index (Phi) is 7.90. The lowest BCUT2D eigenvalue weighted by Crippen LogP contribution is -2.38. The van der Waals surface area contributed by atoms with Gasteiger partial charge in [-0.05, 0) is 31.0 Å². The molecule has 0 fully saturated rings. The van der Waals surface area contributed by atoms with Crippen LogP contribution in [-0.2, 0) is 21.0 Å². The lowest BCUT2D eigenvalue weighted by Gasteiger charge is -2.11. The molecule has 0 aliphatic rings. The van der Waals surface area contributed by atoms with Crippen LogP contribution in [0.25, 0.3) is 0 Å². The van der Waals surface area contributed by atoms with Crippen molar-refractivity contribution in [2.24, 2.45) is 4.99 Å². The summed E-state index contributed by atoms with van der Waals surface area (Å²) in [7, 11) is -1.48. The number of nitrogens with zero attached hydrogens (tertiary/aromatic N) is 1. The third-order valence-electron chi connectivity index (χ3n) is 2.97. The Balaban J connectivity index is 2.49. The molecule has 2 N–H and O–H groups in total. The van der Waals surface area contributed by atoms with E-state index in [1.165, 1.54) is 6.26 Å². The number of hydrogen-bond acceptors (Lipinski definition) is 4. The Hall–Kier alpha value is -1.60. The molecule has 0 aliphatic carbocycles. The van der Waals surface area contributed by atoms with Gasteiger partial charge >= 0.3 is 0 Å². The van der Waals surface area contributed by atoms with Crippen molar-refractivity contribution in [3.8, 4) is 0 Å². The molecule has 22 heavy (non-hydrogen) atoms. The number of methoxy groups -OCH3 is 1. The van der Waals surface area contributed by atoms with Gasteiger partial charge in [-0.1, -0.05) is 12.1 Å². The zero-order valence-corrected chi connectivity index (χ0v) is 14.2. The standard InChI is InChI=1S/C15H25N3O3S/c1-4-16-15(18-11-12-21-2)17-10-9-13-5-7-14(8-6-13)22(3,19)20/h5-8H,4,9-12H2,1-3H3,(H2,16,17,18). The highest BCUT2D eigenvalue weighted by atomic mass is 32.2. The van der Waals surface area contributed by atoms with E-state index in [4.69, 9.17) is 4.74 Å². The van der Waals surface area contributed by atoms with Gasteiger partial charge in [-0.25, -0.2) is 8.42 Å². The van der Waals surface area contributed by atoms with E-state index in [2.05, 4.69) is 15.6 Å². The van der Waals surface area contributed by atoms with Gasteiger partial charge in [0, 0.05) is 26.5 Å². The van der Waals surface area contributed by atoms with Crippen LogP contribution in [-0.4, -0.2) is 54.0 Å². The van der Waals surface area contributed by atoms with Gasteiger partial charge in [-0.2, -0.15) is 0 Å². The fraction of sp³-hybridized carbons (Fsp3) is 0.533. The molecule has 0 aromatic heterocycles. The van der Waals surface area contributed by atoms with Crippen LogP contribution in [0.15, 0.2) is 34.2 Å². The van der Waals surface area contributed by atoms with E-state index in [-0.39, 0.29) is 0 Å². The number of sulfone groups is 1. The van der Waals surface area contributed by atoms with Gasteiger partial charge in [0.2, 0.25) is 0 Å². The Labute approximate surface area is 132 Å². The Morgan fingerprint density at radius 2 is 1.91 bits per heavy atom. The smallest absolute Gasteiger partial charge is 0.191 e. The van der Waals surface area contributed by atoms with Gasteiger partial charge in [0.15, 0.2) is 15.8 Å². The van der Waals surface area contributed by atoms with Crippen LogP contribution in [0.5, 0.6) is 0 Å². The number of aliphatic imine (C=N–C) groups is 1. The average molecular weight is 327 g/mol. The van der Waals surface area contributed by atoms with Crippen LogP contribution < -0.4 is 10.6 Å². The molecular weight excluding hydrogens is 302 g/mol.